The Kier molecular flexibility index (Phi) is 11.9. The van der Waals surface area contributed by atoms with E-state index in [-0.39, 0.29) is 0 Å². The van der Waals surface area contributed by atoms with Crippen LogP contribution in [0.1, 0.15) is 85.0 Å². The van der Waals surface area contributed by atoms with E-state index in [0.717, 1.165) is 12.8 Å². The van der Waals surface area contributed by atoms with Crippen LogP contribution in [0.4, 0.5) is 0 Å². The molecule has 18 heavy (non-hydrogen) atoms. The number of hydrogen-bond acceptors (Lipinski definition) is 3. The second kappa shape index (κ2) is 11.9. The maximum absolute atomic E-state index is 8.04. The zero-order valence-corrected chi connectivity index (χ0v) is 12.5. The van der Waals surface area contributed by atoms with Gasteiger partial charge in [-0.2, -0.15) is 0 Å². The Hall–Kier alpha value is -0.120. The molecule has 3 nitrogen and oxygen atoms in total. The van der Waals surface area contributed by atoms with E-state index in [1.54, 1.807) is 0 Å². The molecule has 0 unspecified atom stereocenters. The van der Waals surface area contributed by atoms with Crippen LogP contribution in [0, 0.1) is 5.41 Å². The molecule has 0 bridgehead atoms. The van der Waals surface area contributed by atoms with Crippen molar-refractivity contribution < 1.29 is 15.2 Å². The molecule has 0 aromatic rings. The van der Waals surface area contributed by atoms with Crippen molar-refractivity contribution in [1.29, 1.82) is 0 Å². The molecule has 0 rings (SSSR count). The fourth-order valence-electron chi connectivity index (χ4n) is 3.22. The number of rotatable bonds is 13. The highest BCUT2D eigenvalue weighted by atomic mass is 17.5. The van der Waals surface area contributed by atoms with Crippen LogP contribution in [-0.2, 0) is 9.93 Å². The normalized spacial score (nSPS) is 12.0. The molecule has 0 aliphatic carbocycles. The Balaban J connectivity index is 3.97. The minimum Gasteiger partial charge on any atom is -0.221 e. The Morgan fingerprint density at radius 2 is 1.33 bits per heavy atom. The monoisotopic (exact) mass is 260 g/mol. The maximum Gasteiger partial charge on any atom is 0.0853 e. The van der Waals surface area contributed by atoms with E-state index < -0.39 is 0 Å². The van der Waals surface area contributed by atoms with Crippen molar-refractivity contribution in [2.45, 2.75) is 85.0 Å². The largest absolute Gasteiger partial charge is 0.221 e. The molecule has 0 heterocycles. The van der Waals surface area contributed by atoms with Crippen LogP contribution in [0.2, 0.25) is 0 Å². The van der Waals surface area contributed by atoms with Gasteiger partial charge in [0.05, 0.1) is 6.61 Å². The Bertz CT molecular complexity index is 154. The number of unbranched alkanes of at least 4 members (excludes halogenated alkanes) is 2. The second-order valence-electron chi connectivity index (χ2n) is 5.46. The van der Waals surface area contributed by atoms with Crippen LogP contribution in [0.5, 0.6) is 0 Å². The predicted molar refractivity (Wildman–Crippen MR) is 75.3 cm³/mol. The van der Waals surface area contributed by atoms with E-state index >= 15 is 0 Å². The van der Waals surface area contributed by atoms with Gasteiger partial charge in [-0.05, 0) is 37.5 Å². The van der Waals surface area contributed by atoms with Gasteiger partial charge >= 0.3 is 0 Å². The van der Waals surface area contributed by atoms with Crippen LogP contribution >= 0.6 is 0 Å². The average molecular weight is 260 g/mol. The first-order chi connectivity index (χ1) is 8.74. The summed E-state index contributed by atoms with van der Waals surface area (Å²) in [7, 11) is 0. The molecule has 0 saturated heterocycles. The van der Waals surface area contributed by atoms with Crippen LogP contribution in [0.25, 0.3) is 0 Å². The summed E-state index contributed by atoms with van der Waals surface area (Å²) >= 11 is 0. The summed E-state index contributed by atoms with van der Waals surface area (Å²) in [5, 5.41) is 11.6. The summed E-state index contributed by atoms with van der Waals surface area (Å²) in [4.78, 5) is 4.46. The number of hydrogen-bond donors (Lipinski definition) is 1. The molecular weight excluding hydrogens is 228 g/mol. The highest BCUT2D eigenvalue weighted by Gasteiger charge is 2.26. The fourth-order valence-corrected chi connectivity index (χ4v) is 3.22. The van der Waals surface area contributed by atoms with Crippen molar-refractivity contribution >= 4 is 0 Å². The molecule has 0 radical (unpaired) electrons. The van der Waals surface area contributed by atoms with E-state index in [0.29, 0.717) is 12.0 Å². The molecule has 0 fully saturated rings. The van der Waals surface area contributed by atoms with Gasteiger partial charge in [0.1, 0.15) is 0 Å². The van der Waals surface area contributed by atoms with Crippen molar-refractivity contribution in [2.24, 2.45) is 5.41 Å². The molecule has 0 aromatic carbocycles. The minimum atomic E-state index is 0.485. The van der Waals surface area contributed by atoms with Gasteiger partial charge in [-0.15, -0.1) is 0 Å². The minimum absolute atomic E-state index is 0.485. The smallest absolute Gasteiger partial charge is 0.0853 e. The molecular formula is C15H32O3. The van der Waals surface area contributed by atoms with Gasteiger partial charge in [0.2, 0.25) is 0 Å². The van der Waals surface area contributed by atoms with Crippen molar-refractivity contribution in [3.63, 3.8) is 0 Å². The standard InChI is InChI=1S/C15H32O3/c1-4-10-15(11-5-2,12-6-3)13-8-7-9-14-17-18-16/h16H,4-14H2,1-3H3. The molecule has 0 aliphatic rings. The van der Waals surface area contributed by atoms with Gasteiger partial charge in [0.25, 0.3) is 0 Å². The lowest BCUT2D eigenvalue weighted by Crippen LogP contribution is -2.20. The summed E-state index contributed by atoms with van der Waals surface area (Å²) in [6, 6.07) is 0. The summed E-state index contributed by atoms with van der Waals surface area (Å²) in [6.07, 6.45) is 12.7. The van der Waals surface area contributed by atoms with Gasteiger partial charge in [0.15, 0.2) is 0 Å². The molecule has 1 N–H and O–H groups in total. The zero-order valence-electron chi connectivity index (χ0n) is 12.5. The van der Waals surface area contributed by atoms with E-state index in [2.05, 4.69) is 30.7 Å². The molecule has 0 spiro atoms. The predicted octanol–water partition coefficient (Wildman–Crippen LogP) is 5.35. The summed E-state index contributed by atoms with van der Waals surface area (Å²) in [5.74, 6) is 0. The SMILES string of the molecule is CCCC(CCC)(CCC)CCCCCOOO. The van der Waals surface area contributed by atoms with Crippen LogP contribution < -0.4 is 0 Å². The maximum atomic E-state index is 8.04. The molecule has 0 saturated carbocycles. The lowest BCUT2D eigenvalue weighted by atomic mass is 9.72. The summed E-state index contributed by atoms with van der Waals surface area (Å²) in [6.45, 7) is 7.38. The van der Waals surface area contributed by atoms with Crippen molar-refractivity contribution in [1.82, 2.24) is 0 Å². The molecule has 0 amide bonds. The first-order valence-electron chi connectivity index (χ1n) is 7.67. The van der Waals surface area contributed by atoms with Gasteiger partial charge < -0.3 is 0 Å². The van der Waals surface area contributed by atoms with E-state index in [1.165, 1.54) is 51.4 Å². The highest BCUT2D eigenvalue weighted by Crippen LogP contribution is 2.40. The summed E-state index contributed by atoms with van der Waals surface area (Å²) in [5.41, 5.74) is 0.576. The Morgan fingerprint density at radius 3 is 1.78 bits per heavy atom. The van der Waals surface area contributed by atoms with Crippen LogP contribution in [0.15, 0.2) is 0 Å². The lowest BCUT2D eigenvalue weighted by Gasteiger charge is -2.34. The van der Waals surface area contributed by atoms with Gasteiger partial charge in [0, 0.05) is 0 Å². The quantitative estimate of drug-likeness (QED) is 0.275. The van der Waals surface area contributed by atoms with Gasteiger partial charge in [-0.25, -0.2) is 10.1 Å². The molecule has 0 aromatic heterocycles. The average Bonchev–Trinajstić information content (AvgIpc) is 2.35. The van der Waals surface area contributed by atoms with Gasteiger partial charge in [-0.3, -0.25) is 0 Å². The molecule has 3 heteroatoms. The summed E-state index contributed by atoms with van der Waals surface area (Å²) < 4.78 is 0. The molecule has 0 atom stereocenters. The Morgan fingerprint density at radius 1 is 0.778 bits per heavy atom. The van der Waals surface area contributed by atoms with Crippen molar-refractivity contribution in [3.8, 4) is 0 Å². The van der Waals surface area contributed by atoms with Crippen LogP contribution in [-0.4, -0.2) is 11.9 Å². The first-order valence-corrected chi connectivity index (χ1v) is 7.67. The third-order valence-corrected chi connectivity index (χ3v) is 3.83. The van der Waals surface area contributed by atoms with E-state index in [9.17, 15) is 0 Å². The zero-order chi connectivity index (χ0) is 13.7. The van der Waals surface area contributed by atoms with Gasteiger partial charge in [-0.1, -0.05) is 57.9 Å². The molecule has 110 valence electrons. The Labute approximate surface area is 113 Å². The third kappa shape index (κ3) is 8.06. The van der Waals surface area contributed by atoms with Crippen molar-refractivity contribution in [2.75, 3.05) is 6.61 Å². The van der Waals surface area contributed by atoms with Crippen LogP contribution in [0.3, 0.4) is 0 Å². The second-order valence-corrected chi connectivity index (χ2v) is 5.46. The fraction of sp³-hybridized carbons (Fsp3) is 1.00. The first kappa shape index (κ1) is 17.9. The van der Waals surface area contributed by atoms with E-state index in [4.69, 9.17) is 5.26 Å². The lowest BCUT2D eigenvalue weighted by molar-refractivity contribution is -0.490. The molecule has 0 aliphatic heterocycles. The van der Waals surface area contributed by atoms with E-state index in [1.807, 2.05) is 0 Å². The van der Waals surface area contributed by atoms with Crippen molar-refractivity contribution in [3.05, 3.63) is 0 Å². The highest BCUT2D eigenvalue weighted by molar-refractivity contribution is 4.78. The third-order valence-electron chi connectivity index (χ3n) is 3.83. The topological polar surface area (TPSA) is 38.7 Å².